The van der Waals surface area contributed by atoms with Crippen LogP contribution in [0.15, 0.2) is 48.7 Å². The van der Waals surface area contributed by atoms with Gasteiger partial charge < -0.3 is 10.1 Å². The first-order valence-electron chi connectivity index (χ1n) is 8.58. The molecule has 1 N–H and O–H groups in total. The van der Waals surface area contributed by atoms with Gasteiger partial charge in [-0.3, -0.25) is 9.78 Å². The van der Waals surface area contributed by atoms with Gasteiger partial charge in [-0.2, -0.15) is 11.8 Å². The quantitative estimate of drug-likeness (QED) is 0.755. The highest BCUT2D eigenvalue weighted by Gasteiger charge is 2.21. The Morgan fingerprint density at radius 2 is 2.15 bits per heavy atom. The van der Waals surface area contributed by atoms with Crippen LogP contribution in [0.1, 0.15) is 22.5 Å². The number of fused-ring (bicyclic) bond motifs is 1. The van der Waals surface area contributed by atoms with Crippen molar-refractivity contribution in [3.8, 4) is 5.88 Å². The van der Waals surface area contributed by atoms with Crippen LogP contribution in [0.5, 0.6) is 5.88 Å². The summed E-state index contributed by atoms with van der Waals surface area (Å²) in [4.78, 5) is 21.6. The lowest BCUT2D eigenvalue weighted by Gasteiger charge is -2.15. The Morgan fingerprint density at radius 1 is 1.23 bits per heavy atom. The van der Waals surface area contributed by atoms with E-state index < -0.39 is 0 Å². The van der Waals surface area contributed by atoms with Crippen LogP contribution < -0.4 is 10.1 Å². The number of carbonyl (C=O) groups excluding carboxylic acids is 1. The summed E-state index contributed by atoms with van der Waals surface area (Å²) in [6.07, 6.45) is 2.75. The number of hydrogen-bond acceptors (Lipinski definition) is 5. The lowest BCUT2D eigenvalue weighted by atomic mass is 10.1. The number of aromatic nitrogens is 2. The molecule has 3 aromatic rings. The van der Waals surface area contributed by atoms with Crippen LogP contribution >= 0.6 is 11.8 Å². The van der Waals surface area contributed by atoms with Gasteiger partial charge in [0, 0.05) is 23.0 Å². The third-order valence-corrected chi connectivity index (χ3v) is 5.43. The van der Waals surface area contributed by atoms with Gasteiger partial charge in [-0.15, -0.1) is 0 Å². The first kappa shape index (κ1) is 16.8. The van der Waals surface area contributed by atoms with Crippen LogP contribution in [0.4, 0.5) is 5.69 Å². The van der Waals surface area contributed by atoms with Crippen LogP contribution in [0, 0.1) is 6.92 Å². The summed E-state index contributed by atoms with van der Waals surface area (Å²) in [6, 6.07) is 13.1. The molecule has 0 radical (unpaired) electrons. The molecule has 4 rings (SSSR count). The molecule has 132 valence electrons. The molecule has 6 heteroatoms. The normalized spacial score (nSPS) is 16.6. The van der Waals surface area contributed by atoms with Gasteiger partial charge in [0.25, 0.3) is 5.91 Å². The van der Waals surface area contributed by atoms with Gasteiger partial charge in [0.2, 0.25) is 5.88 Å². The molecular formula is C20H19N3O2S. The Labute approximate surface area is 156 Å². The maximum Gasteiger partial charge on any atom is 0.261 e. The average Bonchev–Trinajstić information content (AvgIpc) is 3.15. The highest BCUT2D eigenvalue weighted by atomic mass is 32.2. The van der Waals surface area contributed by atoms with Gasteiger partial charge in [0.1, 0.15) is 11.7 Å². The number of amides is 1. The predicted octanol–water partition coefficient (Wildman–Crippen LogP) is 4.07. The number of carbonyl (C=O) groups is 1. The molecule has 1 fully saturated rings. The topological polar surface area (TPSA) is 64.1 Å². The fraction of sp³-hybridized carbons (Fsp3) is 0.250. The summed E-state index contributed by atoms with van der Waals surface area (Å²) in [5.74, 6) is 2.19. The van der Waals surface area contributed by atoms with Crippen molar-refractivity contribution in [2.45, 2.75) is 19.4 Å². The van der Waals surface area contributed by atoms with Crippen molar-refractivity contribution in [2.24, 2.45) is 0 Å². The molecule has 0 bridgehead atoms. The number of ether oxygens (including phenoxy) is 1. The van der Waals surface area contributed by atoms with E-state index in [-0.39, 0.29) is 12.0 Å². The second kappa shape index (κ2) is 7.33. The van der Waals surface area contributed by atoms with Crippen molar-refractivity contribution < 1.29 is 9.53 Å². The largest absolute Gasteiger partial charge is 0.473 e. The monoisotopic (exact) mass is 365 g/mol. The van der Waals surface area contributed by atoms with Crippen molar-refractivity contribution >= 4 is 34.3 Å². The minimum Gasteiger partial charge on any atom is -0.473 e. The van der Waals surface area contributed by atoms with Crippen LogP contribution in [0.2, 0.25) is 0 Å². The van der Waals surface area contributed by atoms with E-state index in [0.717, 1.165) is 40.2 Å². The standard InChI is InChI=1S/C20H19N3O2S/c1-13-7-8-15-17(22-13)5-2-6-18(15)23-19(24)16-4-3-10-21-20(16)25-14-9-11-26-12-14/h2-8,10,14H,9,11-12H2,1H3,(H,23,24). The zero-order valence-corrected chi connectivity index (χ0v) is 15.3. The number of nitrogens with zero attached hydrogens (tertiary/aromatic N) is 2. The Kier molecular flexibility index (Phi) is 4.75. The molecule has 0 saturated carbocycles. The summed E-state index contributed by atoms with van der Waals surface area (Å²) in [7, 11) is 0. The number of pyridine rings is 2. The smallest absolute Gasteiger partial charge is 0.261 e. The highest BCUT2D eigenvalue weighted by molar-refractivity contribution is 7.99. The maximum atomic E-state index is 12.9. The van der Waals surface area contributed by atoms with Gasteiger partial charge in [0.15, 0.2) is 0 Å². The van der Waals surface area contributed by atoms with Gasteiger partial charge >= 0.3 is 0 Å². The first-order chi connectivity index (χ1) is 12.7. The van der Waals surface area contributed by atoms with Crippen molar-refractivity contribution in [1.82, 2.24) is 9.97 Å². The number of benzene rings is 1. The molecule has 1 aliphatic rings. The van der Waals surface area contributed by atoms with Crippen LogP contribution in [0.3, 0.4) is 0 Å². The fourth-order valence-electron chi connectivity index (χ4n) is 2.98. The lowest BCUT2D eigenvalue weighted by molar-refractivity contribution is 0.101. The molecule has 1 atom stereocenters. The zero-order chi connectivity index (χ0) is 17.9. The van der Waals surface area contributed by atoms with Gasteiger partial charge in [0.05, 0.1) is 11.2 Å². The summed E-state index contributed by atoms with van der Waals surface area (Å²) in [5.41, 5.74) is 2.97. The number of aryl methyl sites for hydroxylation is 1. The van der Waals surface area contributed by atoms with E-state index in [1.165, 1.54) is 0 Å². The van der Waals surface area contributed by atoms with E-state index in [9.17, 15) is 4.79 Å². The molecule has 5 nitrogen and oxygen atoms in total. The second-order valence-electron chi connectivity index (χ2n) is 6.24. The van der Waals surface area contributed by atoms with Crippen LogP contribution in [-0.2, 0) is 0 Å². The highest BCUT2D eigenvalue weighted by Crippen LogP contribution is 2.26. The summed E-state index contributed by atoms with van der Waals surface area (Å²) in [6.45, 7) is 1.95. The number of thioether (sulfide) groups is 1. The molecule has 1 unspecified atom stereocenters. The predicted molar refractivity (Wildman–Crippen MR) is 105 cm³/mol. The molecule has 1 aromatic carbocycles. The number of hydrogen-bond donors (Lipinski definition) is 1. The van der Waals surface area contributed by atoms with E-state index in [2.05, 4.69) is 15.3 Å². The molecule has 2 aromatic heterocycles. The molecule has 1 saturated heterocycles. The zero-order valence-electron chi connectivity index (χ0n) is 14.4. The van der Waals surface area contributed by atoms with Crippen molar-refractivity contribution in [3.63, 3.8) is 0 Å². The van der Waals surface area contributed by atoms with E-state index in [1.54, 1.807) is 18.3 Å². The summed E-state index contributed by atoms with van der Waals surface area (Å²) < 4.78 is 5.96. The molecular weight excluding hydrogens is 346 g/mol. The van der Waals surface area contributed by atoms with Crippen LogP contribution in [-0.4, -0.2) is 33.5 Å². The molecule has 1 amide bonds. The Balaban J connectivity index is 1.61. The van der Waals surface area contributed by atoms with Crippen molar-refractivity contribution in [2.75, 3.05) is 16.8 Å². The minimum atomic E-state index is -0.230. The van der Waals surface area contributed by atoms with Gasteiger partial charge in [-0.25, -0.2) is 4.98 Å². The number of nitrogens with one attached hydrogen (secondary N) is 1. The third-order valence-electron chi connectivity index (χ3n) is 4.30. The maximum absolute atomic E-state index is 12.9. The first-order valence-corrected chi connectivity index (χ1v) is 9.73. The number of anilines is 1. The van der Waals surface area contributed by atoms with E-state index in [0.29, 0.717) is 11.4 Å². The van der Waals surface area contributed by atoms with E-state index in [4.69, 9.17) is 4.74 Å². The second-order valence-corrected chi connectivity index (χ2v) is 7.39. The molecule has 0 aliphatic carbocycles. The average molecular weight is 365 g/mol. The molecule has 1 aliphatic heterocycles. The summed E-state index contributed by atoms with van der Waals surface area (Å²) in [5, 5.41) is 3.89. The minimum absolute atomic E-state index is 0.117. The van der Waals surface area contributed by atoms with Crippen LogP contribution in [0.25, 0.3) is 10.9 Å². The number of rotatable bonds is 4. The Hall–Kier alpha value is -2.60. The van der Waals surface area contributed by atoms with Crippen molar-refractivity contribution in [1.29, 1.82) is 0 Å². The van der Waals surface area contributed by atoms with Crippen molar-refractivity contribution in [3.05, 3.63) is 59.9 Å². The van der Waals surface area contributed by atoms with E-state index in [1.807, 2.05) is 49.0 Å². The Morgan fingerprint density at radius 3 is 3.00 bits per heavy atom. The molecule has 0 spiro atoms. The van der Waals surface area contributed by atoms with Gasteiger partial charge in [-0.1, -0.05) is 6.07 Å². The fourth-order valence-corrected chi connectivity index (χ4v) is 4.07. The molecule has 26 heavy (non-hydrogen) atoms. The lowest BCUT2D eigenvalue weighted by Crippen LogP contribution is -2.20. The Bertz CT molecular complexity index is 955. The third kappa shape index (κ3) is 3.51. The molecule has 3 heterocycles. The van der Waals surface area contributed by atoms with Gasteiger partial charge in [-0.05, 0) is 55.5 Å². The van der Waals surface area contributed by atoms with E-state index >= 15 is 0 Å². The SMILES string of the molecule is Cc1ccc2c(NC(=O)c3cccnc3OC3CCSC3)cccc2n1. The summed E-state index contributed by atoms with van der Waals surface area (Å²) >= 11 is 1.86.